The van der Waals surface area contributed by atoms with Gasteiger partial charge in [0.05, 0.1) is 5.69 Å². The third-order valence-electron chi connectivity index (χ3n) is 4.00. The number of nitrogens with zero attached hydrogens (tertiary/aromatic N) is 2. The van der Waals surface area contributed by atoms with Gasteiger partial charge >= 0.3 is 0 Å². The number of hydrogen-bond acceptors (Lipinski definition) is 3. The molecule has 0 fully saturated rings. The highest BCUT2D eigenvalue weighted by molar-refractivity contribution is 6.03. The molecule has 1 aliphatic rings. The second-order valence-corrected chi connectivity index (χ2v) is 5.56. The summed E-state index contributed by atoms with van der Waals surface area (Å²) in [4.78, 5) is 2.27. The van der Waals surface area contributed by atoms with Gasteiger partial charge in [-0.2, -0.15) is 0 Å². The molecule has 0 saturated heterocycles. The molecule has 0 bridgehead atoms. The minimum Gasteiger partial charge on any atom is -0.409 e. The van der Waals surface area contributed by atoms with E-state index in [-0.39, 0.29) is 5.84 Å². The Morgan fingerprint density at radius 2 is 2.00 bits per heavy atom. The van der Waals surface area contributed by atoms with Crippen LogP contribution in [0.5, 0.6) is 0 Å². The molecular formula is C17H19N3O. The Bertz CT molecular complexity index is 709. The Kier molecular flexibility index (Phi) is 3.29. The van der Waals surface area contributed by atoms with Crippen LogP contribution in [-0.2, 0) is 6.42 Å². The lowest BCUT2D eigenvalue weighted by Gasteiger charge is -2.27. The molecule has 0 saturated carbocycles. The van der Waals surface area contributed by atoms with Gasteiger partial charge < -0.3 is 15.8 Å². The normalized spacial score (nSPS) is 17.9. The number of benzene rings is 2. The predicted octanol–water partition coefficient (Wildman–Crippen LogP) is 3.17. The van der Waals surface area contributed by atoms with Gasteiger partial charge in [-0.05, 0) is 49.6 Å². The second-order valence-electron chi connectivity index (χ2n) is 5.56. The summed E-state index contributed by atoms with van der Waals surface area (Å²) >= 11 is 0. The molecule has 0 amide bonds. The molecule has 0 spiro atoms. The zero-order valence-electron chi connectivity index (χ0n) is 12.2. The van der Waals surface area contributed by atoms with Crippen molar-refractivity contribution in [2.75, 3.05) is 4.90 Å². The molecule has 108 valence electrons. The summed E-state index contributed by atoms with van der Waals surface area (Å²) in [5.41, 5.74) is 11.3. The fourth-order valence-electron chi connectivity index (χ4n) is 3.04. The van der Waals surface area contributed by atoms with Crippen molar-refractivity contribution in [2.45, 2.75) is 26.3 Å². The van der Waals surface area contributed by atoms with Gasteiger partial charge in [0, 0.05) is 17.3 Å². The third kappa shape index (κ3) is 2.23. The fraction of sp³-hybridized carbons (Fsp3) is 0.235. The van der Waals surface area contributed by atoms with E-state index in [9.17, 15) is 0 Å². The van der Waals surface area contributed by atoms with Crippen molar-refractivity contribution in [3.8, 4) is 0 Å². The Labute approximate surface area is 124 Å². The average molecular weight is 281 g/mol. The number of rotatable bonds is 2. The summed E-state index contributed by atoms with van der Waals surface area (Å²) in [5, 5.41) is 12.2. The molecule has 1 unspecified atom stereocenters. The Hall–Kier alpha value is -2.49. The van der Waals surface area contributed by atoms with Crippen LogP contribution in [-0.4, -0.2) is 17.1 Å². The number of hydrogen-bond donors (Lipinski definition) is 2. The lowest BCUT2D eigenvalue weighted by molar-refractivity contribution is 0.318. The monoisotopic (exact) mass is 281 g/mol. The molecule has 0 aromatic heterocycles. The largest absolute Gasteiger partial charge is 0.409 e. The molecule has 0 radical (unpaired) electrons. The highest BCUT2D eigenvalue weighted by Gasteiger charge is 2.28. The van der Waals surface area contributed by atoms with Crippen LogP contribution in [0, 0.1) is 6.92 Å². The standard InChI is InChI=1S/C17H19N3O/c1-11-7-8-14(17(18)19-21)16(9-11)20-12(2)10-13-5-3-4-6-15(13)20/h3-9,12,21H,10H2,1-2H3,(H2,18,19). The van der Waals surface area contributed by atoms with E-state index in [1.54, 1.807) is 0 Å². The maximum absolute atomic E-state index is 9.03. The number of para-hydroxylation sites is 1. The van der Waals surface area contributed by atoms with Gasteiger partial charge in [0.25, 0.3) is 0 Å². The number of amidine groups is 1. The first-order chi connectivity index (χ1) is 10.1. The van der Waals surface area contributed by atoms with Crippen molar-refractivity contribution in [1.82, 2.24) is 0 Å². The van der Waals surface area contributed by atoms with E-state index in [4.69, 9.17) is 10.9 Å². The number of oxime groups is 1. The van der Waals surface area contributed by atoms with Gasteiger partial charge in [0.1, 0.15) is 0 Å². The first-order valence-corrected chi connectivity index (χ1v) is 7.07. The van der Waals surface area contributed by atoms with Crippen LogP contribution >= 0.6 is 0 Å². The molecule has 1 aliphatic heterocycles. The van der Waals surface area contributed by atoms with E-state index in [0.29, 0.717) is 6.04 Å². The number of nitrogens with two attached hydrogens (primary N) is 1. The van der Waals surface area contributed by atoms with Crippen LogP contribution in [0.25, 0.3) is 0 Å². The summed E-state index contributed by atoms with van der Waals surface area (Å²) in [5.74, 6) is 0.140. The topological polar surface area (TPSA) is 61.9 Å². The van der Waals surface area contributed by atoms with Gasteiger partial charge in [-0.1, -0.05) is 29.4 Å². The summed E-state index contributed by atoms with van der Waals surface area (Å²) < 4.78 is 0. The maximum Gasteiger partial charge on any atom is 0.172 e. The van der Waals surface area contributed by atoms with Crippen LogP contribution in [0.4, 0.5) is 11.4 Å². The Morgan fingerprint density at radius 1 is 1.24 bits per heavy atom. The van der Waals surface area contributed by atoms with Crippen molar-refractivity contribution in [3.63, 3.8) is 0 Å². The summed E-state index contributed by atoms with van der Waals surface area (Å²) in [7, 11) is 0. The molecule has 3 rings (SSSR count). The van der Waals surface area contributed by atoms with Crippen molar-refractivity contribution in [1.29, 1.82) is 0 Å². The Balaban J connectivity index is 2.19. The molecule has 4 nitrogen and oxygen atoms in total. The van der Waals surface area contributed by atoms with Gasteiger partial charge in [-0.3, -0.25) is 0 Å². The van der Waals surface area contributed by atoms with Crippen LogP contribution in [0.15, 0.2) is 47.6 Å². The van der Waals surface area contributed by atoms with Crippen molar-refractivity contribution < 1.29 is 5.21 Å². The highest BCUT2D eigenvalue weighted by atomic mass is 16.4. The van der Waals surface area contributed by atoms with Crippen molar-refractivity contribution in [2.24, 2.45) is 10.9 Å². The average Bonchev–Trinajstić information content (AvgIpc) is 2.82. The van der Waals surface area contributed by atoms with Gasteiger partial charge in [0.2, 0.25) is 0 Å². The van der Waals surface area contributed by atoms with Crippen molar-refractivity contribution in [3.05, 3.63) is 59.2 Å². The fourth-order valence-corrected chi connectivity index (χ4v) is 3.04. The van der Waals surface area contributed by atoms with Gasteiger partial charge in [-0.15, -0.1) is 0 Å². The first kappa shape index (κ1) is 13.5. The third-order valence-corrected chi connectivity index (χ3v) is 4.00. The molecule has 1 atom stereocenters. The first-order valence-electron chi connectivity index (χ1n) is 7.07. The summed E-state index contributed by atoms with van der Waals surface area (Å²) in [6.07, 6.45) is 1.000. The quantitative estimate of drug-likeness (QED) is 0.385. The van der Waals surface area contributed by atoms with E-state index in [0.717, 1.165) is 23.2 Å². The minimum atomic E-state index is 0.140. The minimum absolute atomic E-state index is 0.140. The molecular weight excluding hydrogens is 262 g/mol. The van der Waals surface area contributed by atoms with Crippen LogP contribution < -0.4 is 10.6 Å². The number of aryl methyl sites for hydroxylation is 1. The number of anilines is 2. The predicted molar refractivity (Wildman–Crippen MR) is 85.4 cm³/mol. The Morgan fingerprint density at radius 3 is 2.76 bits per heavy atom. The van der Waals surface area contributed by atoms with Crippen LogP contribution in [0.1, 0.15) is 23.6 Å². The van der Waals surface area contributed by atoms with E-state index >= 15 is 0 Å². The summed E-state index contributed by atoms with van der Waals surface area (Å²) in [6.45, 7) is 4.24. The maximum atomic E-state index is 9.03. The lowest BCUT2D eigenvalue weighted by atomic mass is 10.1. The molecule has 4 heteroatoms. The zero-order chi connectivity index (χ0) is 15.0. The smallest absolute Gasteiger partial charge is 0.172 e. The van der Waals surface area contributed by atoms with Crippen LogP contribution in [0.2, 0.25) is 0 Å². The van der Waals surface area contributed by atoms with E-state index in [1.807, 2.05) is 25.1 Å². The molecule has 1 heterocycles. The highest BCUT2D eigenvalue weighted by Crippen LogP contribution is 2.39. The second kappa shape index (κ2) is 5.13. The molecule has 3 N–H and O–H groups in total. The molecule has 2 aromatic rings. The van der Waals surface area contributed by atoms with Gasteiger partial charge in [-0.25, -0.2) is 0 Å². The van der Waals surface area contributed by atoms with E-state index in [1.165, 1.54) is 11.3 Å². The molecule has 21 heavy (non-hydrogen) atoms. The lowest BCUT2D eigenvalue weighted by Crippen LogP contribution is -2.27. The number of fused-ring (bicyclic) bond motifs is 1. The van der Waals surface area contributed by atoms with Gasteiger partial charge in [0.15, 0.2) is 5.84 Å². The van der Waals surface area contributed by atoms with E-state index < -0.39 is 0 Å². The summed E-state index contributed by atoms with van der Waals surface area (Å²) in [6, 6.07) is 14.7. The SMILES string of the molecule is Cc1ccc(C(N)=NO)c(N2c3ccccc3CC2C)c1. The zero-order valence-corrected chi connectivity index (χ0v) is 12.2. The van der Waals surface area contributed by atoms with Crippen LogP contribution in [0.3, 0.4) is 0 Å². The molecule has 2 aromatic carbocycles. The molecule has 0 aliphatic carbocycles. The van der Waals surface area contributed by atoms with E-state index in [2.05, 4.69) is 41.2 Å². The van der Waals surface area contributed by atoms with Crippen molar-refractivity contribution >= 4 is 17.2 Å².